The van der Waals surface area contributed by atoms with Crippen LogP contribution in [-0.2, 0) is 4.79 Å². The number of aryl methyl sites for hydroxylation is 1. The molecule has 3 N–H and O–H groups in total. The van der Waals surface area contributed by atoms with Crippen LogP contribution >= 0.6 is 34.5 Å². The number of quaternary nitrogens is 1. The van der Waals surface area contributed by atoms with Gasteiger partial charge in [0.2, 0.25) is 0 Å². The van der Waals surface area contributed by atoms with Crippen LogP contribution in [0, 0.1) is 6.92 Å². The first-order valence-corrected chi connectivity index (χ1v) is 9.85. The Morgan fingerprint density at radius 1 is 1.08 bits per heavy atom. The van der Waals surface area contributed by atoms with E-state index in [-0.39, 0.29) is 18.5 Å². The SMILES string of the molecule is Cc1ccc([C@H]([NH2+]CC(=O)Nc2c(Cl)cccc2Cl)c2cccs2)cc1. The minimum Gasteiger partial charge on any atom is -0.328 e. The van der Waals surface area contributed by atoms with E-state index in [9.17, 15) is 4.79 Å². The molecule has 1 atom stereocenters. The van der Waals surface area contributed by atoms with Crippen LogP contribution in [0.1, 0.15) is 22.0 Å². The van der Waals surface area contributed by atoms with Gasteiger partial charge < -0.3 is 10.6 Å². The Labute approximate surface area is 167 Å². The van der Waals surface area contributed by atoms with Crippen LogP contribution in [0.5, 0.6) is 0 Å². The second-order valence-electron chi connectivity index (χ2n) is 5.99. The molecule has 0 saturated heterocycles. The average Bonchev–Trinajstić information content (AvgIpc) is 3.14. The van der Waals surface area contributed by atoms with E-state index in [0.29, 0.717) is 15.7 Å². The lowest BCUT2D eigenvalue weighted by Crippen LogP contribution is -2.87. The molecule has 1 aromatic heterocycles. The number of carbonyl (C=O) groups is 1. The Morgan fingerprint density at radius 3 is 2.38 bits per heavy atom. The highest BCUT2D eigenvalue weighted by Crippen LogP contribution is 2.29. The van der Waals surface area contributed by atoms with Crippen molar-refractivity contribution in [2.75, 3.05) is 11.9 Å². The van der Waals surface area contributed by atoms with E-state index in [4.69, 9.17) is 23.2 Å². The number of hydrogen-bond donors (Lipinski definition) is 2. The van der Waals surface area contributed by atoms with Crippen molar-refractivity contribution in [1.82, 2.24) is 0 Å². The fourth-order valence-electron chi connectivity index (χ4n) is 2.69. The molecule has 3 rings (SSSR count). The van der Waals surface area contributed by atoms with Gasteiger partial charge in [-0.25, -0.2) is 0 Å². The molecule has 134 valence electrons. The summed E-state index contributed by atoms with van der Waals surface area (Å²) in [6.45, 7) is 2.33. The zero-order valence-electron chi connectivity index (χ0n) is 14.2. The van der Waals surface area contributed by atoms with Crippen molar-refractivity contribution < 1.29 is 10.1 Å². The van der Waals surface area contributed by atoms with Crippen LogP contribution in [0.4, 0.5) is 5.69 Å². The van der Waals surface area contributed by atoms with Gasteiger partial charge in [0.1, 0.15) is 6.04 Å². The third kappa shape index (κ3) is 4.65. The number of benzene rings is 2. The van der Waals surface area contributed by atoms with Crippen molar-refractivity contribution in [3.8, 4) is 0 Å². The second-order valence-corrected chi connectivity index (χ2v) is 7.78. The van der Waals surface area contributed by atoms with E-state index >= 15 is 0 Å². The molecule has 26 heavy (non-hydrogen) atoms. The van der Waals surface area contributed by atoms with Crippen LogP contribution < -0.4 is 10.6 Å². The Morgan fingerprint density at radius 2 is 1.77 bits per heavy atom. The maximum atomic E-state index is 12.4. The van der Waals surface area contributed by atoms with Gasteiger partial charge in [-0.1, -0.05) is 65.2 Å². The van der Waals surface area contributed by atoms with Crippen molar-refractivity contribution in [3.05, 3.63) is 86.0 Å². The molecule has 0 bridgehead atoms. The van der Waals surface area contributed by atoms with Gasteiger partial charge in [-0.2, -0.15) is 0 Å². The van der Waals surface area contributed by atoms with Crippen molar-refractivity contribution in [2.45, 2.75) is 13.0 Å². The first-order valence-electron chi connectivity index (χ1n) is 8.22. The van der Waals surface area contributed by atoms with Crippen LogP contribution in [0.3, 0.4) is 0 Å². The number of halogens is 2. The van der Waals surface area contributed by atoms with Gasteiger partial charge in [0, 0.05) is 5.56 Å². The highest BCUT2D eigenvalue weighted by atomic mass is 35.5. The van der Waals surface area contributed by atoms with Gasteiger partial charge in [0.15, 0.2) is 6.54 Å². The molecule has 2 aromatic carbocycles. The summed E-state index contributed by atoms with van der Waals surface area (Å²) < 4.78 is 0. The van der Waals surface area contributed by atoms with Crippen molar-refractivity contribution in [3.63, 3.8) is 0 Å². The number of para-hydroxylation sites is 1. The minimum atomic E-state index is -0.145. The number of rotatable bonds is 6. The number of carbonyl (C=O) groups excluding carboxylic acids is 1. The zero-order chi connectivity index (χ0) is 18.5. The van der Waals surface area contributed by atoms with Crippen molar-refractivity contribution >= 4 is 46.1 Å². The topological polar surface area (TPSA) is 45.7 Å². The lowest BCUT2D eigenvalue weighted by molar-refractivity contribution is -0.675. The highest BCUT2D eigenvalue weighted by Gasteiger charge is 2.20. The summed E-state index contributed by atoms with van der Waals surface area (Å²) in [5.74, 6) is -0.145. The molecule has 0 unspecified atom stereocenters. The predicted octanol–water partition coefficient (Wildman–Crippen LogP) is 4.65. The summed E-state index contributed by atoms with van der Waals surface area (Å²) in [5.41, 5.74) is 2.84. The zero-order valence-corrected chi connectivity index (χ0v) is 16.5. The Hall–Kier alpha value is -1.85. The lowest BCUT2D eigenvalue weighted by Gasteiger charge is -2.15. The number of anilines is 1. The summed E-state index contributed by atoms with van der Waals surface area (Å²) in [6, 6.07) is 17.7. The molecular formula is C20H19Cl2N2OS+. The van der Waals surface area contributed by atoms with Gasteiger partial charge in [0.05, 0.1) is 20.6 Å². The molecule has 3 aromatic rings. The van der Waals surface area contributed by atoms with E-state index in [1.54, 1.807) is 29.5 Å². The monoisotopic (exact) mass is 405 g/mol. The van der Waals surface area contributed by atoms with Crippen LogP contribution in [0.2, 0.25) is 10.0 Å². The van der Waals surface area contributed by atoms with E-state index in [0.717, 1.165) is 0 Å². The molecule has 0 saturated carbocycles. The maximum absolute atomic E-state index is 12.4. The number of hydrogen-bond acceptors (Lipinski definition) is 2. The molecule has 3 nitrogen and oxygen atoms in total. The maximum Gasteiger partial charge on any atom is 0.279 e. The Kier molecular flexibility index (Phi) is 6.33. The standard InChI is InChI=1S/C20H18Cl2N2OS/c1-13-7-9-14(10-8-13)19(17-6-3-11-26-17)23-12-18(25)24-20-15(21)4-2-5-16(20)22/h2-11,19,23H,12H2,1H3,(H,24,25)/p+1/t19-/m0/s1. The summed E-state index contributed by atoms with van der Waals surface area (Å²) in [5, 5.41) is 7.74. The van der Waals surface area contributed by atoms with E-state index in [1.165, 1.54) is 16.0 Å². The second kappa shape index (κ2) is 8.69. The van der Waals surface area contributed by atoms with E-state index < -0.39 is 0 Å². The summed E-state index contributed by atoms with van der Waals surface area (Å²) in [4.78, 5) is 13.6. The summed E-state index contributed by atoms with van der Waals surface area (Å²) in [7, 11) is 0. The molecule has 0 radical (unpaired) electrons. The normalized spacial score (nSPS) is 12.0. The van der Waals surface area contributed by atoms with E-state index in [2.05, 4.69) is 42.6 Å². The largest absolute Gasteiger partial charge is 0.328 e. The van der Waals surface area contributed by atoms with Crippen molar-refractivity contribution in [1.29, 1.82) is 0 Å². The molecule has 0 aliphatic carbocycles. The van der Waals surface area contributed by atoms with E-state index in [1.807, 2.05) is 16.8 Å². The lowest BCUT2D eigenvalue weighted by atomic mass is 10.0. The number of amides is 1. The molecule has 0 aliphatic heterocycles. The van der Waals surface area contributed by atoms with Gasteiger partial charge in [0.25, 0.3) is 5.91 Å². The van der Waals surface area contributed by atoms with Crippen LogP contribution in [0.25, 0.3) is 0 Å². The first-order chi connectivity index (χ1) is 12.5. The third-order valence-electron chi connectivity index (χ3n) is 4.05. The fourth-order valence-corrected chi connectivity index (χ4v) is 4.03. The number of nitrogens with one attached hydrogen (secondary N) is 1. The minimum absolute atomic E-state index is 0.0723. The average molecular weight is 406 g/mol. The highest BCUT2D eigenvalue weighted by molar-refractivity contribution is 7.10. The predicted molar refractivity (Wildman–Crippen MR) is 109 cm³/mol. The molecule has 1 heterocycles. The smallest absolute Gasteiger partial charge is 0.279 e. The molecular weight excluding hydrogens is 387 g/mol. The van der Waals surface area contributed by atoms with Gasteiger partial charge >= 0.3 is 0 Å². The quantitative estimate of drug-likeness (QED) is 0.615. The van der Waals surface area contributed by atoms with Gasteiger partial charge in [-0.05, 0) is 30.5 Å². The van der Waals surface area contributed by atoms with Gasteiger partial charge in [-0.3, -0.25) is 4.79 Å². The molecule has 0 spiro atoms. The Bertz CT molecular complexity index is 859. The fraction of sp³-hybridized carbons (Fsp3) is 0.150. The van der Waals surface area contributed by atoms with Crippen LogP contribution in [-0.4, -0.2) is 12.5 Å². The van der Waals surface area contributed by atoms with Crippen LogP contribution in [0.15, 0.2) is 60.0 Å². The third-order valence-corrected chi connectivity index (χ3v) is 5.64. The molecule has 1 amide bonds. The summed E-state index contributed by atoms with van der Waals surface area (Å²) >= 11 is 13.9. The van der Waals surface area contributed by atoms with Crippen molar-refractivity contribution in [2.24, 2.45) is 0 Å². The summed E-state index contributed by atoms with van der Waals surface area (Å²) in [6.07, 6.45) is 0. The molecule has 0 fully saturated rings. The molecule has 0 aliphatic rings. The molecule has 6 heteroatoms. The number of thiophene rings is 1. The number of nitrogens with two attached hydrogens (primary N) is 1. The first kappa shape index (κ1) is 18.9. The van der Waals surface area contributed by atoms with Gasteiger partial charge in [-0.15, -0.1) is 11.3 Å². The Balaban J connectivity index is 1.72.